The van der Waals surface area contributed by atoms with Crippen LogP contribution in [0, 0.1) is 12.8 Å². The highest BCUT2D eigenvalue weighted by Gasteiger charge is 2.16. The number of hydrogen-bond acceptors (Lipinski definition) is 2. The summed E-state index contributed by atoms with van der Waals surface area (Å²) in [6.07, 6.45) is 2.56. The standard InChI is InChI=1S/C17H27NO/c1-13-10-15(17(2,3)4)7-8-16(13)19-12-14-6-5-9-18-11-14/h7-8,10,14,18H,5-6,9,11-12H2,1-4H3/t14-/m0/s1. The van der Waals surface area contributed by atoms with Gasteiger partial charge >= 0.3 is 0 Å². The van der Waals surface area contributed by atoms with Crippen LogP contribution in [0.25, 0.3) is 0 Å². The molecule has 1 aliphatic rings. The molecule has 1 aromatic carbocycles. The van der Waals surface area contributed by atoms with Crippen molar-refractivity contribution in [3.63, 3.8) is 0 Å². The lowest BCUT2D eigenvalue weighted by Crippen LogP contribution is -2.33. The van der Waals surface area contributed by atoms with Gasteiger partial charge in [-0.3, -0.25) is 0 Å². The molecule has 1 N–H and O–H groups in total. The van der Waals surface area contributed by atoms with Gasteiger partial charge in [-0.1, -0.05) is 32.9 Å². The molecule has 0 amide bonds. The monoisotopic (exact) mass is 261 g/mol. The van der Waals surface area contributed by atoms with Crippen molar-refractivity contribution in [2.24, 2.45) is 5.92 Å². The van der Waals surface area contributed by atoms with Crippen LogP contribution in [0.2, 0.25) is 0 Å². The van der Waals surface area contributed by atoms with Gasteiger partial charge in [0, 0.05) is 12.5 Å². The van der Waals surface area contributed by atoms with E-state index in [1.54, 1.807) is 0 Å². The van der Waals surface area contributed by atoms with Crippen LogP contribution in [0.1, 0.15) is 44.7 Å². The molecular weight excluding hydrogens is 234 g/mol. The molecule has 0 saturated carbocycles. The number of aryl methyl sites for hydroxylation is 1. The SMILES string of the molecule is Cc1cc(C(C)(C)C)ccc1OC[C@H]1CCCNC1. The molecule has 0 unspecified atom stereocenters. The van der Waals surface area contributed by atoms with Gasteiger partial charge in [-0.25, -0.2) is 0 Å². The van der Waals surface area contributed by atoms with Crippen molar-refractivity contribution in [1.82, 2.24) is 5.32 Å². The summed E-state index contributed by atoms with van der Waals surface area (Å²) < 4.78 is 6.00. The molecule has 1 aromatic rings. The fourth-order valence-corrected chi connectivity index (χ4v) is 2.55. The molecule has 2 rings (SSSR count). The summed E-state index contributed by atoms with van der Waals surface area (Å²) in [7, 11) is 0. The quantitative estimate of drug-likeness (QED) is 0.896. The molecule has 106 valence electrons. The van der Waals surface area contributed by atoms with Crippen LogP contribution in [0.3, 0.4) is 0 Å². The molecular formula is C17H27NO. The number of nitrogens with one attached hydrogen (secondary N) is 1. The zero-order chi connectivity index (χ0) is 13.9. The van der Waals surface area contributed by atoms with E-state index in [0.717, 1.165) is 25.4 Å². The molecule has 0 aromatic heterocycles. The molecule has 0 spiro atoms. The van der Waals surface area contributed by atoms with E-state index in [-0.39, 0.29) is 5.41 Å². The van der Waals surface area contributed by atoms with Gasteiger partial charge in [0.15, 0.2) is 0 Å². The number of benzene rings is 1. The van der Waals surface area contributed by atoms with Crippen LogP contribution in [0.15, 0.2) is 18.2 Å². The predicted octanol–water partition coefficient (Wildman–Crippen LogP) is 3.67. The summed E-state index contributed by atoms with van der Waals surface area (Å²) in [4.78, 5) is 0. The van der Waals surface area contributed by atoms with Crippen molar-refractivity contribution in [2.45, 2.75) is 46.0 Å². The lowest BCUT2D eigenvalue weighted by Gasteiger charge is -2.24. The van der Waals surface area contributed by atoms with Gasteiger partial charge in [-0.05, 0) is 48.9 Å². The first-order valence-electron chi connectivity index (χ1n) is 7.41. The van der Waals surface area contributed by atoms with Crippen LogP contribution in [-0.4, -0.2) is 19.7 Å². The molecule has 1 fully saturated rings. The third kappa shape index (κ3) is 3.97. The second kappa shape index (κ2) is 5.96. The largest absolute Gasteiger partial charge is 0.493 e. The molecule has 1 saturated heterocycles. The number of hydrogen-bond donors (Lipinski definition) is 1. The van der Waals surface area contributed by atoms with E-state index in [2.05, 4.69) is 51.2 Å². The number of piperidine rings is 1. The van der Waals surface area contributed by atoms with E-state index in [1.165, 1.54) is 24.0 Å². The Kier molecular flexibility index (Phi) is 4.51. The average molecular weight is 261 g/mol. The summed E-state index contributed by atoms with van der Waals surface area (Å²) in [5.74, 6) is 1.70. The zero-order valence-electron chi connectivity index (χ0n) is 12.8. The summed E-state index contributed by atoms with van der Waals surface area (Å²) in [5.41, 5.74) is 2.82. The van der Waals surface area contributed by atoms with Gasteiger partial charge in [-0.15, -0.1) is 0 Å². The van der Waals surface area contributed by atoms with Crippen molar-refractivity contribution < 1.29 is 4.74 Å². The summed E-state index contributed by atoms with van der Waals surface area (Å²) in [5, 5.41) is 3.43. The normalized spacial score (nSPS) is 20.3. The molecule has 19 heavy (non-hydrogen) atoms. The van der Waals surface area contributed by atoms with E-state index in [9.17, 15) is 0 Å². The smallest absolute Gasteiger partial charge is 0.122 e. The van der Waals surface area contributed by atoms with Gasteiger partial charge in [0.1, 0.15) is 5.75 Å². The van der Waals surface area contributed by atoms with Gasteiger partial charge in [0.05, 0.1) is 6.61 Å². The third-order valence-electron chi connectivity index (χ3n) is 3.91. The maximum atomic E-state index is 6.00. The molecule has 2 nitrogen and oxygen atoms in total. The fraction of sp³-hybridized carbons (Fsp3) is 0.647. The Labute approximate surface area is 117 Å². The van der Waals surface area contributed by atoms with Gasteiger partial charge < -0.3 is 10.1 Å². The Morgan fingerprint density at radius 1 is 1.32 bits per heavy atom. The van der Waals surface area contributed by atoms with E-state index in [4.69, 9.17) is 4.74 Å². The van der Waals surface area contributed by atoms with E-state index in [0.29, 0.717) is 5.92 Å². The molecule has 0 aliphatic carbocycles. The Morgan fingerprint density at radius 2 is 2.11 bits per heavy atom. The van der Waals surface area contributed by atoms with Crippen LogP contribution in [0.5, 0.6) is 5.75 Å². The van der Waals surface area contributed by atoms with Crippen molar-refractivity contribution in [3.05, 3.63) is 29.3 Å². The average Bonchev–Trinajstić information content (AvgIpc) is 2.37. The molecule has 0 radical (unpaired) electrons. The van der Waals surface area contributed by atoms with E-state index < -0.39 is 0 Å². The van der Waals surface area contributed by atoms with Gasteiger partial charge in [-0.2, -0.15) is 0 Å². The van der Waals surface area contributed by atoms with Crippen LogP contribution in [0.4, 0.5) is 0 Å². The first-order valence-corrected chi connectivity index (χ1v) is 7.41. The molecule has 1 atom stereocenters. The Hall–Kier alpha value is -1.02. The maximum Gasteiger partial charge on any atom is 0.122 e. The van der Waals surface area contributed by atoms with E-state index >= 15 is 0 Å². The zero-order valence-corrected chi connectivity index (χ0v) is 12.8. The number of rotatable bonds is 3. The van der Waals surface area contributed by atoms with Gasteiger partial charge in [0.25, 0.3) is 0 Å². The topological polar surface area (TPSA) is 21.3 Å². The lowest BCUT2D eigenvalue weighted by molar-refractivity contribution is 0.217. The summed E-state index contributed by atoms with van der Waals surface area (Å²) >= 11 is 0. The number of ether oxygens (including phenoxy) is 1. The molecule has 2 heteroatoms. The van der Waals surface area contributed by atoms with E-state index in [1.807, 2.05) is 0 Å². The molecule has 1 heterocycles. The minimum absolute atomic E-state index is 0.205. The first kappa shape index (κ1) is 14.4. The predicted molar refractivity (Wildman–Crippen MR) is 81.0 cm³/mol. The van der Waals surface area contributed by atoms with Gasteiger partial charge in [0.2, 0.25) is 0 Å². The summed E-state index contributed by atoms with van der Waals surface area (Å²) in [6, 6.07) is 6.59. The minimum atomic E-state index is 0.205. The third-order valence-corrected chi connectivity index (χ3v) is 3.91. The van der Waals surface area contributed by atoms with Crippen LogP contribution in [-0.2, 0) is 5.41 Å². The van der Waals surface area contributed by atoms with Crippen molar-refractivity contribution >= 4 is 0 Å². The Morgan fingerprint density at radius 3 is 2.68 bits per heavy atom. The van der Waals surface area contributed by atoms with Crippen molar-refractivity contribution in [1.29, 1.82) is 0 Å². The maximum absolute atomic E-state index is 6.00. The second-order valence-corrected chi connectivity index (χ2v) is 6.75. The van der Waals surface area contributed by atoms with Crippen LogP contribution >= 0.6 is 0 Å². The first-order chi connectivity index (χ1) is 8.97. The molecule has 0 bridgehead atoms. The van der Waals surface area contributed by atoms with Crippen molar-refractivity contribution in [3.8, 4) is 5.75 Å². The minimum Gasteiger partial charge on any atom is -0.493 e. The van der Waals surface area contributed by atoms with Crippen molar-refractivity contribution in [2.75, 3.05) is 19.7 Å². The lowest BCUT2D eigenvalue weighted by atomic mass is 9.86. The Balaban J connectivity index is 1.97. The Bertz CT molecular complexity index is 414. The second-order valence-electron chi connectivity index (χ2n) is 6.75. The highest BCUT2D eigenvalue weighted by Crippen LogP contribution is 2.28. The van der Waals surface area contributed by atoms with Crippen LogP contribution < -0.4 is 10.1 Å². The fourth-order valence-electron chi connectivity index (χ4n) is 2.55. The highest BCUT2D eigenvalue weighted by molar-refractivity contribution is 5.38. The molecule has 1 aliphatic heterocycles. The highest BCUT2D eigenvalue weighted by atomic mass is 16.5. The summed E-state index contributed by atoms with van der Waals surface area (Å²) in [6.45, 7) is 12.0.